The van der Waals surface area contributed by atoms with Gasteiger partial charge in [-0.25, -0.2) is 0 Å². The Morgan fingerprint density at radius 3 is 2.27 bits per heavy atom. The van der Waals surface area contributed by atoms with E-state index in [1.165, 1.54) is 52.0 Å². The minimum atomic E-state index is 0.614. The predicted molar refractivity (Wildman–Crippen MR) is 89.8 cm³/mol. The average Bonchev–Trinajstić information content (AvgIpc) is 3.14. The van der Waals surface area contributed by atoms with Crippen LogP contribution in [0.3, 0.4) is 0 Å². The second-order valence-corrected chi connectivity index (χ2v) is 7.29. The van der Waals surface area contributed by atoms with Gasteiger partial charge in [-0.1, -0.05) is 24.3 Å². The van der Waals surface area contributed by atoms with E-state index in [1.807, 2.05) is 0 Å². The highest BCUT2D eigenvalue weighted by Crippen LogP contribution is 2.26. The van der Waals surface area contributed by atoms with Crippen molar-refractivity contribution < 1.29 is 0 Å². The van der Waals surface area contributed by atoms with E-state index in [4.69, 9.17) is 0 Å². The minimum absolute atomic E-state index is 0.614. The van der Waals surface area contributed by atoms with Gasteiger partial charge >= 0.3 is 0 Å². The van der Waals surface area contributed by atoms with Gasteiger partial charge in [0, 0.05) is 50.8 Å². The summed E-state index contributed by atoms with van der Waals surface area (Å²) >= 11 is 0. The molecule has 0 aromatic heterocycles. The molecular weight excluding hydrogens is 272 g/mol. The molecule has 0 radical (unpaired) electrons. The Balaban J connectivity index is 1.26. The largest absolute Gasteiger partial charge is 0.299 e. The first-order valence-corrected chi connectivity index (χ1v) is 8.82. The van der Waals surface area contributed by atoms with Gasteiger partial charge in [0.15, 0.2) is 0 Å². The first kappa shape index (κ1) is 14.6. The standard InChI is InChI=1S/C18H28N4/c1-14-10-17(20-19-14)13-21-6-8-22(9-7-21)18-11-15-4-2-3-5-16(15)12-18/h2-5,14,17-20H,6-13H2,1H3. The summed E-state index contributed by atoms with van der Waals surface area (Å²) in [6, 6.07) is 11.0. The molecule has 1 aromatic rings. The number of nitrogens with zero attached hydrogens (tertiary/aromatic N) is 2. The van der Waals surface area contributed by atoms with E-state index < -0.39 is 0 Å². The first-order valence-electron chi connectivity index (χ1n) is 8.82. The van der Waals surface area contributed by atoms with Crippen LogP contribution in [0, 0.1) is 0 Å². The number of fused-ring (bicyclic) bond motifs is 1. The molecule has 3 aliphatic rings. The van der Waals surface area contributed by atoms with Gasteiger partial charge in [0.25, 0.3) is 0 Å². The van der Waals surface area contributed by atoms with E-state index in [0.717, 1.165) is 6.04 Å². The Morgan fingerprint density at radius 2 is 1.68 bits per heavy atom. The van der Waals surface area contributed by atoms with E-state index in [-0.39, 0.29) is 0 Å². The Bertz CT molecular complexity index is 485. The monoisotopic (exact) mass is 300 g/mol. The van der Waals surface area contributed by atoms with E-state index in [0.29, 0.717) is 12.1 Å². The zero-order chi connectivity index (χ0) is 14.9. The zero-order valence-electron chi connectivity index (χ0n) is 13.6. The van der Waals surface area contributed by atoms with Crippen LogP contribution in [0.1, 0.15) is 24.5 Å². The average molecular weight is 300 g/mol. The number of hydrogen-bond acceptors (Lipinski definition) is 4. The summed E-state index contributed by atoms with van der Waals surface area (Å²) < 4.78 is 0. The smallest absolute Gasteiger partial charge is 0.0355 e. The van der Waals surface area contributed by atoms with Crippen LogP contribution in [-0.2, 0) is 12.8 Å². The van der Waals surface area contributed by atoms with Gasteiger partial charge in [0.05, 0.1) is 0 Å². The molecule has 0 bridgehead atoms. The van der Waals surface area contributed by atoms with Gasteiger partial charge in [-0.2, -0.15) is 0 Å². The van der Waals surface area contributed by atoms with Gasteiger partial charge in [0.1, 0.15) is 0 Å². The van der Waals surface area contributed by atoms with Gasteiger partial charge in [-0.15, -0.1) is 0 Å². The third-order valence-corrected chi connectivity index (χ3v) is 5.60. The van der Waals surface area contributed by atoms with E-state index >= 15 is 0 Å². The summed E-state index contributed by atoms with van der Waals surface area (Å²) in [7, 11) is 0. The molecule has 2 atom stereocenters. The molecule has 2 heterocycles. The molecule has 2 saturated heterocycles. The lowest BCUT2D eigenvalue weighted by molar-refractivity contribution is 0.0935. The molecule has 0 amide bonds. The van der Waals surface area contributed by atoms with Gasteiger partial charge in [-0.3, -0.25) is 20.7 Å². The maximum Gasteiger partial charge on any atom is 0.0355 e. The molecular formula is C18H28N4. The molecule has 1 aliphatic carbocycles. The van der Waals surface area contributed by atoms with Crippen LogP contribution in [0.2, 0.25) is 0 Å². The summed E-state index contributed by atoms with van der Waals surface area (Å²) in [6.45, 7) is 8.35. The highest BCUT2D eigenvalue weighted by Gasteiger charge is 2.30. The number of rotatable bonds is 3. The molecule has 4 nitrogen and oxygen atoms in total. The van der Waals surface area contributed by atoms with Crippen molar-refractivity contribution in [2.45, 2.75) is 44.3 Å². The molecule has 4 heteroatoms. The van der Waals surface area contributed by atoms with Crippen molar-refractivity contribution in [2.75, 3.05) is 32.7 Å². The lowest BCUT2D eigenvalue weighted by atomic mass is 10.1. The fraction of sp³-hybridized carbons (Fsp3) is 0.667. The van der Waals surface area contributed by atoms with Gasteiger partial charge in [-0.05, 0) is 37.3 Å². The maximum absolute atomic E-state index is 3.43. The van der Waals surface area contributed by atoms with Crippen molar-refractivity contribution in [3.8, 4) is 0 Å². The highest BCUT2D eigenvalue weighted by atomic mass is 15.4. The van der Waals surface area contributed by atoms with Gasteiger partial charge < -0.3 is 0 Å². The SMILES string of the molecule is CC1CC(CN2CCN(C3Cc4ccccc4C3)CC2)NN1. The first-order chi connectivity index (χ1) is 10.8. The van der Waals surface area contributed by atoms with Crippen LogP contribution in [0.15, 0.2) is 24.3 Å². The molecule has 1 aromatic carbocycles. The minimum Gasteiger partial charge on any atom is -0.299 e. The van der Waals surface area contributed by atoms with E-state index in [2.05, 4.69) is 51.8 Å². The molecule has 0 saturated carbocycles. The second kappa shape index (κ2) is 6.28. The summed E-state index contributed by atoms with van der Waals surface area (Å²) in [5, 5.41) is 0. The third kappa shape index (κ3) is 3.06. The molecule has 120 valence electrons. The Kier molecular flexibility index (Phi) is 4.18. The van der Waals surface area contributed by atoms with Crippen molar-refractivity contribution in [3.05, 3.63) is 35.4 Å². The Hall–Kier alpha value is -0.940. The van der Waals surface area contributed by atoms with Crippen LogP contribution in [0.5, 0.6) is 0 Å². The van der Waals surface area contributed by atoms with Crippen LogP contribution in [0.25, 0.3) is 0 Å². The van der Waals surface area contributed by atoms with Crippen molar-refractivity contribution in [1.82, 2.24) is 20.7 Å². The van der Waals surface area contributed by atoms with Gasteiger partial charge in [0.2, 0.25) is 0 Å². The summed E-state index contributed by atoms with van der Waals surface area (Å²) in [4.78, 5) is 5.36. The zero-order valence-corrected chi connectivity index (χ0v) is 13.6. The number of hydrazine groups is 1. The molecule has 4 rings (SSSR count). The second-order valence-electron chi connectivity index (χ2n) is 7.29. The van der Waals surface area contributed by atoms with Crippen LogP contribution >= 0.6 is 0 Å². The number of nitrogens with one attached hydrogen (secondary N) is 2. The number of hydrogen-bond donors (Lipinski definition) is 2. The fourth-order valence-electron chi connectivity index (χ4n) is 4.34. The van der Waals surface area contributed by atoms with Crippen molar-refractivity contribution in [3.63, 3.8) is 0 Å². The Morgan fingerprint density at radius 1 is 1.00 bits per heavy atom. The quantitative estimate of drug-likeness (QED) is 0.873. The van der Waals surface area contributed by atoms with Crippen LogP contribution in [0.4, 0.5) is 0 Å². The van der Waals surface area contributed by atoms with Crippen LogP contribution < -0.4 is 10.9 Å². The number of benzene rings is 1. The Labute approximate surface area is 133 Å². The predicted octanol–water partition coefficient (Wildman–Crippen LogP) is 1.03. The number of piperazine rings is 1. The molecule has 2 N–H and O–H groups in total. The normalized spacial score (nSPS) is 30.8. The summed E-state index contributed by atoms with van der Waals surface area (Å²) in [5.41, 5.74) is 9.91. The maximum atomic E-state index is 3.43. The topological polar surface area (TPSA) is 30.5 Å². The molecule has 2 fully saturated rings. The van der Waals surface area contributed by atoms with Crippen LogP contribution in [-0.4, -0.2) is 60.6 Å². The third-order valence-electron chi connectivity index (χ3n) is 5.60. The molecule has 2 unspecified atom stereocenters. The summed E-state index contributed by atoms with van der Waals surface area (Å²) in [5.74, 6) is 0. The lowest BCUT2D eigenvalue weighted by Gasteiger charge is -2.38. The van der Waals surface area contributed by atoms with E-state index in [9.17, 15) is 0 Å². The highest BCUT2D eigenvalue weighted by molar-refractivity contribution is 5.33. The lowest BCUT2D eigenvalue weighted by Crippen LogP contribution is -2.53. The summed E-state index contributed by atoms with van der Waals surface area (Å²) in [6.07, 6.45) is 3.75. The fourth-order valence-corrected chi connectivity index (χ4v) is 4.34. The molecule has 2 aliphatic heterocycles. The van der Waals surface area contributed by atoms with E-state index in [1.54, 1.807) is 11.1 Å². The molecule has 0 spiro atoms. The van der Waals surface area contributed by atoms with Crippen molar-refractivity contribution >= 4 is 0 Å². The molecule has 22 heavy (non-hydrogen) atoms. The van der Waals surface area contributed by atoms with Crippen molar-refractivity contribution in [2.24, 2.45) is 0 Å². The van der Waals surface area contributed by atoms with Crippen molar-refractivity contribution in [1.29, 1.82) is 0 Å².